The normalized spacial score (nSPS) is 22.7. The van der Waals surface area contributed by atoms with Crippen molar-refractivity contribution in [2.24, 2.45) is 15.7 Å². The number of fused-ring (bicyclic) bond motifs is 2. The number of nitrogens with zero attached hydrogens (tertiary/aromatic N) is 2. The van der Waals surface area contributed by atoms with Crippen LogP contribution in [0.2, 0.25) is 0 Å². The summed E-state index contributed by atoms with van der Waals surface area (Å²) in [6.45, 7) is 6.89. The fourth-order valence-electron chi connectivity index (χ4n) is 5.49. The molecule has 0 fully saturated rings. The fourth-order valence-corrected chi connectivity index (χ4v) is 5.49. The molecule has 3 heterocycles. The molecule has 33 heavy (non-hydrogen) atoms. The Kier molecular flexibility index (Phi) is 6.25. The lowest BCUT2D eigenvalue weighted by molar-refractivity contribution is 0.323. The molecule has 0 spiro atoms. The van der Waals surface area contributed by atoms with Crippen LogP contribution in [0.3, 0.4) is 0 Å². The third kappa shape index (κ3) is 4.56. The molecule has 4 aliphatic rings. The number of nitrogens with one attached hydrogen (secondary N) is 2. The smallest absolute Gasteiger partial charge is 0.142 e. The van der Waals surface area contributed by atoms with Gasteiger partial charge in [0, 0.05) is 37.5 Å². The third-order valence-corrected chi connectivity index (χ3v) is 7.29. The van der Waals surface area contributed by atoms with E-state index in [0.29, 0.717) is 12.0 Å². The van der Waals surface area contributed by atoms with Gasteiger partial charge < -0.3 is 21.1 Å². The Morgan fingerprint density at radius 2 is 2.00 bits per heavy atom. The van der Waals surface area contributed by atoms with Gasteiger partial charge in [0.05, 0.1) is 17.6 Å². The summed E-state index contributed by atoms with van der Waals surface area (Å²) in [4.78, 5) is 9.03. The van der Waals surface area contributed by atoms with E-state index in [1.165, 1.54) is 29.5 Å². The van der Waals surface area contributed by atoms with E-state index in [9.17, 15) is 0 Å². The van der Waals surface area contributed by atoms with Crippen LogP contribution in [0.5, 0.6) is 5.75 Å². The molecule has 0 radical (unpaired) electrons. The summed E-state index contributed by atoms with van der Waals surface area (Å²) < 4.78 is 5.61. The highest BCUT2D eigenvalue weighted by Crippen LogP contribution is 2.40. The Labute approximate surface area is 196 Å². The van der Waals surface area contributed by atoms with Crippen molar-refractivity contribution in [2.75, 3.05) is 30.3 Å². The van der Waals surface area contributed by atoms with Gasteiger partial charge >= 0.3 is 0 Å². The number of hydrogen-bond donors (Lipinski definition) is 3. The SMILES string of the molecule is Cc1c(NC2=NCCC2)ccc2c1NCCO2.Cc1cccc2c1CC[C@@H]2C1CCC(N)=N1. The standard InChI is InChI=1S/C14H18N2.C13H17N3O/c1-9-3-2-4-11-10(9)5-6-12(11)13-7-8-14(15)16-13;1-9-10(16-12-3-2-6-14-12)4-5-11-13(9)15-7-8-17-11/h2-4,12-13H,5-8H2,1H3,(H2,15,16);4-5,15H,2-3,6-8H2,1H3,(H,14,16)/t12-,13?;/m0./s1. The van der Waals surface area contributed by atoms with E-state index in [1.807, 2.05) is 6.07 Å². The van der Waals surface area contributed by atoms with Crippen molar-refractivity contribution in [3.05, 3.63) is 52.6 Å². The Morgan fingerprint density at radius 1 is 1.09 bits per heavy atom. The van der Waals surface area contributed by atoms with E-state index in [1.54, 1.807) is 5.56 Å². The predicted octanol–water partition coefficient (Wildman–Crippen LogP) is 4.95. The molecule has 1 unspecified atom stereocenters. The van der Waals surface area contributed by atoms with Crippen molar-refractivity contribution in [1.29, 1.82) is 0 Å². The van der Waals surface area contributed by atoms with Crippen molar-refractivity contribution in [1.82, 2.24) is 0 Å². The van der Waals surface area contributed by atoms with Crippen molar-refractivity contribution in [2.45, 2.75) is 64.3 Å². The molecule has 1 aliphatic carbocycles. The van der Waals surface area contributed by atoms with E-state index >= 15 is 0 Å². The number of nitrogens with two attached hydrogens (primary N) is 1. The molecule has 2 atom stereocenters. The molecule has 6 rings (SSSR count). The van der Waals surface area contributed by atoms with Crippen LogP contribution >= 0.6 is 0 Å². The molecule has 2 aromatic carbocycles. The molecular formula is C27H35N5O. The van der Waals surface area contributed by atoms with Gasteiger partial charge in [0.2, 0.25) is 0 Å². The molecule has 0 aromatic heterocycles. The van der Waals surface area contributed by atoms with Gasteiger partial charge in [-0.05, 0) is 73.9 Å². The molecular weight excluding hydrogens is 410 g/mol. The largest absolute Gasteiger partial charge is 0.490 e. The highest BCUT2D eigenvalue weighted by molar-refractivity contribution is 5.98. The monoisotopic (exact) mass is 445 g/mol. The minimum absolute atomic E-state index is 0.447. The molecule has 0 bridgehead atoms. The topological polar surface area (TPSA) is 84.0 Å². The maximum absolute atomic E-state index is 5.79. The first-order valence-electron chi connectivity index (χ1n) is 12.3. The lowest BCUT2D eigenvalue weighted by Crippen LogP contribution is -2.19. The predicted molar refractivity (Wildman–Crippen MR) is 137 cm³/mol. The molecule has 4 N–H and O–H groups in total. The van der Waals surface area contributed by atoms with Gasteiger partial charge in [0.15, 0.2) is 0 Å². The number of aryl methyl sites for hydroxylation is 1. The van der Waals surface area contributed by atoms with Gasteiger partial charge in [0.25, 0.3) is 0 Å². The van der Waals surface area contributed by atoms with Crippen LogP contribution in [0.25, 0.3) is 0 Å². The molecule has 0 saturated heterocycles. The Bertz CT molecular complexity index is 1090. The van der Waals surface area contributed by atoms with Gasteiger partial charge in [-0.2, -0.15) is 0 Å². The van der Waals surface area contributed by atoms with Crippen LogP contribution in [-0.4, -0.2) is 37.4 Å². The van der Waals surface area contributed by atoms with E-state index < -0.39 is 0 Å². The number of aliphatic imine (C=N–C) groups is 2. The Balaban J connectivity index is 0.000000139. The molecule has 174 valence electrons. The zero-order valence-electron chi connectivity index (χ0n) is 19.8. The van der Waals surface area contributed by atoms with Gasteiger partial charge in [-0.25, -0.2) is 0 Å². The van der Waals surface area contributed by atoms with Crippen molar-refractivity contribution >= 4 is 23.0 Å². The van der Waals surface area contributed by atoms with Gasteiger partial charge in [0.1, 0.15) is 18.2 Å². The average molecular weight is 446 g/mol. The zero-order chi connectivity index (χ0) is 22.8. The zero-order valence-corrected chi connectivity index (χ0v) is 19.8. The first-order valence-corrected chi connectivity index (χ1v) is 12.3. The second-order valence-electron chi connectivity index (χ2n) is 9.46. The highest BCUT2D eigenvalue weighted by Gasteiger charge is 2.32. The Hall–Kier alpha value is -3.02. The number of ether oxygens (including phenoxy) is 1. The molecule has 6 nitrogen and oxygen atoms in total. The van der Waals surface area contributed by atoms with Gasteiger partial charge in [-0.1, -0.05) is 18.2 Å². The van der Waals surface area contributed by atoms with E-state index in [4.69, 9.17) is 10.5 Å². The average Bonchev–Trinajstić information content (AvgIpc) is 3.58. The van der Waals surface area contributed by atoms with Crippen molar-refractivity contribution in [3.63, 3.8) is 0 Å². The lowest BCUT2D eigenvalue weighted by atomic mass is 9.91. The van der Waals surface area contributed by atoms with Crippen LogP contribution in [0.15, 0.2) is 40.3 Å². The first kappa shape index (κ1) is 21.8. The van der Waals surface area contributed by atoms with Crippen molar-refractivity contribution < 1.29 is 4.74 Å². The summed E-state index contributed by atoms with van der Waals surface area (Å²) in [7, 11) is 0. The molecule has 6 heteroatoms. The maximum atomic E-state index is 5.79. The van der Waals surface area contributed by atoms with Gasteiger partial charge in [-0.3, -0.25) is 9.98 Å². The lowest BCUT2D eigenvalue weighted by Gasteiger charge is -2.23. The van der Waals surface area contributed by atoms with Crippen LogP contribution in [-0.2, 0) is 6.42 Å². The summed E-state index contributed by atoms with van der Waals surface area (Å²) >= 11 is 0. The van der Waals surface area contributed by atoms with Crippen LogP contribution < -0.4 is 21.1 Å². The van der Waals surface area contributed by atoms with Crippen LogP contribution in [0, 0.1) is 13.8 Å². The number of rotatable bonds is 2. The van der Waals surface area contributed by atoms with E-state index in [2.05, 4.69) is 58.7 Å². The highest BCUT2D eigenvalue weighted by atomic mass is 16.5. The summed E-state index contributed by atoms with van der Waals surface area (Å²) in [5.74, 6) is 3.53. The molecule has 0 saturated carbocycles. The summed E-state index contributed by atoms with van der Waals surface area (Å²) in [5, 5.41) is 6.81. The number of hydrogen-bond acceptors (Lipinski definition) is 6. The molecule has 2 aromatic rings. The summed E-state index contributed by atoms with van der Waals surface area (Å²) in [6, 6.07) is 11.2. The second kappa shape index (κ2) is 9.46. The minimum atomic E-state index is 0.447. The summed E-state index contributed by atoms with van der Waals surface area (Å²) in [5.41, 5.74) is 13.8. The quantitative estimate of drug-likeness (QED) is 0.611. The van der Waals surface area contributed by atoms with Crippen molar-refractivity contribution in [3.8, 4) is 5.75 Å². The van der Waals surface area contributed by atoms with E-state index in [0.717, 1.165) is 74.2 Å². The number of amidine groups is 2. The van der Waals surface area contributed by atoms with E-state index in [-0.39, 0.29) is 0 Å². The van der Waals surface area contributed by atoms with Gasteiger partial charge in [-0.15, -0.1) is 0 Å². The summed E-state index contributed by atoms with van der Waals surface area (Å²) in [6.07, 6.45) is 6.82. The molecule has 3 aliphatic heterocycles. The molecule has 0 amide bonds. The number of benzene rings is 2. The number of anilines is 2. The fraction of sp³-hybridized carbons (Fsp3) is 0.481. The Morgan fingerprint density at radius 3 is 2.79 bits per heavy atom. The van der Waals surface area contributed by atoms with Crippen LogP contribution in [0.1, 0.15) is 60.3 Å². The second-order valence-corrected chi connectivity index (χ2v) is 9.46. The minimum Gasteiger partial charge on any atom is -0.490 e. The third-order valence-electron chi connectivity index (χ3n) is 7.29. The first-order chi connectivity index (χ1) is 16.1. The van der Waals surface area contributed by atoms with Crippen LogP contribution in [0.4, 0.5) is 11.4 Å². The maximum Gasteiger partial charge on any atom is 0.142 e.